The van der Waals surface area contributed by atoms with Crippen LogP contribution < -0.4 is 4.90 Å². The number of anilines is 1. The summed E-state index contributed by atoms with van der Waals surface area (Å²) in [6.45, 7) is 6.58. The Morgan fingerprint density at radius 1 is 1.17 bits per heavy atom. The number of carbonyl (C=O) groups excluding carboxylic acids is 1. The third-order valence-electron chi connectivity index (χ3n) is 5.67. The van der Waals surface area contributed by atoms with E-state index in [2.05, 4.69) is 16.0 Å². The van der Waals surface area contributed by atoms with Gasteiger partial charge in [-0.3, -0.25) is 9.78 Å². The topological polar surface area (TPSA) is 75.9 Å². The predicted molar refractivity (Wildman–Crippen MR) is 108 cm³/mol. The summed E-state index contributed by atoms with van der Waals surface area (Å²) in [6.07, 6.45) is 6.31. The number of carbonyl (C=O) groups is 1. The highest BCUT2D eigenvalue weighted by atomic mass is 16.5. The quantitative estimate of drug-likeness (QED) is 0.678. The SMILES string of the molecule is Cc1cncc(C(=O)N2CC[C@H](c3nc4ccc(N5CCOCC5)cn4n3)C2)c1. The van der Waals surface area contributed by atoms with Crippen LogP contribution in [0, 0.1) is 6.92 Å². The molecule has 8 nitrogen and oxygen atoms in total. The van der Waals surface area contributed by atoms with E-state index in [9.17, 15) is 4.79 Å². The molecule has 0 spiro atoms. The van der Waals surface area contributed by atoms with Crippen LogP contribution in [0.3, 0.4) is 0 Å². The number of ether oxygens (including phenoxy) is 1. The summed E-state index contributed by atoms with van der Waals surface area (Å²) in [7, 11) is 0. The standard InChI is InChI=1S/C21H24N6O2/c1-15-10-17(12-22-11-15)21(28)26-5-4-16(13-26)20-23-19-3-2-18(14-27(19)24-20)25-6-8-29-9-7-25/h2-3,10-12,14,16H,4-9,13H2,1H3/t16-/m0/s1. The maximum absolute atomic E-state index is 12.8. The normalized spacial score (nSPS) is 19.8. The van der Waals surface area contributed by atoms with Gasteiger partial charge in [-0.15, -0.1) is 0 Å². The molecule has 3 aromatic heterocycles. The highest BCUT2D eigenvalue weighted by molar-refractivity contribution is 5.94. The van der Waals surface area contributed by atoms with E-state index < -0.39 is 0 Å². The predicted octanol–water partition coefficient (Wildman–Crippen LogP) is 1.90. The van der Waals surface area contributed by atoms with Crippen LogP contribution in [-0.2, 0) is 4.74 Å². The van der Waals surface area contributed by atoms with Crippen molar-refractivity contribution in [1.29, 1.82) is 0 Å². The number of aryl methyl sites for hydroxylation is 1. The first-order chi connectivity index (χ1) is 14.2. The van der Waals surface area contributed by atoms with Crippen molar-refractivity contribution in [2.24, 2.45) is 0 Å². The fourth-order valence-electron chi connectivity index (χ4n) is 4.08. The van der Waals surface area contributed by atoms with Crippen molar-refractivity contribution in [2.75, 3.05) is 44.3 Å². The fourth-order valence-corrected chi connectivity index (χ4v) is 4.08. The Bertz CT molecular complexity index is 1040. The Hall–Kier alpha value is -3.00. The summed E-state index contributed by atoms with van der Waals surface area (Å²) in [5, 5.41) is 4.73. The number of hydrogen-bond donors (Lipinski definition) is 0. The molecule has 2 fully saturated rings. The van der Waals surface area contributed by atoms with Crippen molar-refractivity contribution in [3.05, 3.63) is 53.7 Å². The molecule has 5 rings (SSSR count). The van der Waals surface area contributed by atoms with E-state index >= 15 is 0 Å². The maximum atomic E-state index is 12.8. The Morgan fingerprint density at radius 2 is 2.03 bits per heavy atom. The molecule has 2 saturated heterocycles. The maximum Gasteiger partial charge on any atom is 0.255 e. The second-order valence-corrected chi connectivity index (χ2v) is 7.75. The van der Waals surface area contributed by atoms with E-state index in [1.165, 1.54) is 0 Å². The van der Waals surface area contributed by atoms with Crippen molar-refractivity contribution in [2.45, 2.75) is 19.3 Å². The molecule has 29 heavy (non-hydrogen) atoms. The second kappa shape index (κ2) is 7.44. The first-order valence-corrected chi connectivity index (χ1v) is 10.1. The molecule has 0 N–H and O–H groups in total. The molecular weight excluding hydrogens is 368 g/mol. The molecule has 8 heteroatoms. The van der Waals surface area contributed by atoms with Gasteiger partial charge in [0.1, 0.15) is 0 Å². The van der Waals surface area contributed by atoms with E-state index in [1.807, 2.05) is 34.7 Å². The summed E-state index contributed by atoms with van der Waals surface area (Å²) < 4.78 is 7.29. The van der Waals surface area contributed by atoms with Gasteiger partial charge in [0.05, 0.1) is 30.7 Å². The van der Waals surface area contributed by atoms with Crippen molar-refractivity contribution >= 4 is 17.2 Å². The molecular formula is C21H24N6O2. The lowest BCUT2D eigenvalue weighted by molar-refractivity contribution is 0.0790. The number of amides is 1. The lowest BCUT2D eigenvalue weighted by Gasteiger charge is -2.28. The number of fused-ring (bicyclic) bond motifs is 1. The van der Waals surface area contributed by atoms with Gasteiger partial charge in [0.25, 0.3) is 5.91 Å². The highest BCUT2D eigenvalue weighted by Crippen LogP contribution is 2.27. The molecule has 2 aliphatic heterocycles. The van der Waals surface area contributed by atoms with Gasteiger partial charge >= 0.3 is 0 Å². The van der Waals surface area contributed by atoms with Crippen molar-refractivity contribution < 1.29 is 9.53 Å². The molecule has 150 valence electrons. The van der Waals surface area contributed by atoms with E-state index in [-0.39, 0.29) is 11.8 Å². The molecule has 0 aromatic carbocycles. The number of pyridine rings is 2. The zero-order valence-electron chi connectivity index (χ0n) is 16.5. The molecule has 0 radical (unpaired) electrons. The van der Waals surface area contributed by atoms with Crippen LogP contribution in [0.1, 0.15) is 34.1 Å². The second-order valence-electron chi connectivity index (χ2n) is 7.75. The monoisotopic (exact) mass is 392 g/mol. The molecule has 1 atom stereocenters. The molecule has 0 aliphatic carbocycles. The zero-order valence-corrected chi connectivity index (χ0v) is 16.5. The van der Waals surface area contributed by atoms with Gasteiger partial charge in [-0.05, 0) is 37.1 Å². The summed E-state index contributed by atoms with van der Waals surface area (Å²) >= 11 is 0. The molecule has 2 aliphatic rings. The first kappa shape index (κ1) is 18.1. The lowest BCUT2D eigenvalue weighted by atomic mass is 10.1. The number of hydrogen-bond acceptors (Lipinski definition) is 6. The third kappa shape index (κ3) is 3.55. The smallest absolute Gasteiger partial charge is 0.255 e. The average Bonchev–Trinajstić information content (AvgIpc) is 3.40. The van der Waals surface area contributed by atoms with E-state index in [0.29, 0.717) is 18.7 Å². The molecule has 0 bridgehead atoms. The van der Waals surface area contributed by atoms with Gasteiger partial charge in [-0.2, -0.15) is 5.10 Å². The zero-order chi connectivity index (χ0) is 19.8. The third-order valence-corrected chi connectivity index (χ3v) is 5.67. The van der Waals surface area contributed by atoms with Crippen molar-refractivity contribution in [1.82, 2.24) is 24.5 Å². The fraction of sp³-hybridized carbons (Fsp3) is 0.429. The number of aromatic nitrogens is 4. The number of rotatable bonds is 3. The van der Waals surface area contributed by atoms with Crippen LogP contribution in [0.15, 0.2) is 36.8 Å². The van der Waals surface area contributed by atoms with Gasteiger partial charge < -0.3 is 14.5 Å². The largest absolute Gasteiger partial charge is 0.378 e. The van der Waals surface area contributed by atoms with Crippen molar-refractivity contribution in [3.63, 3.8) is 0 Å². The summed E-state index contributed by atoms with van der Waals surface area (Å²) in [6, 6.07) is 5.99. The van der Waals surface area contributed by atoms with E-state index in [1.54, 1.807) is 12.4 Å². The number of nitrogens with zero attached hydrogens (tertiary/aromatic N) is 6. The Labute approximate surface area is 169 Å². The lowest BCUT2D eigenvalue weighted by Crippen LogP contribution is -2.36. The van der Waals surface area contributed by atoms with Gasteiger partial charge in [-0.25, -0.2) is 9.50 Å². The molecule has 0 saturated carbocycles. The van der Waals surface area contributed by atoms with Gasteiger partial charge in [0.15, 0.2) is 11.5 Å². The minimum absolute atomic E-state index is 0.0297. The van der Waals surface area contributed by atoms with Crippen LogP contribution in [-0.4, -0.2) is 69.8 Å². The summed E-state index contributed by atoms with van der Waals surface area (Å²) in [5.74, 6) is 0.993. The summed E-state index contributed by atoms with van der Waals surface area (Å²) in [4.78, 5) is 25.8. The van der Waals surface area contributed by atoms with Crippen LogP contribution >= 0.6 is 0 Å². The molecule has 3 aromatic rings. The Kier molecular flexibility index (Phi) is 4.63. The Balaban J connectivity index is 1.32. The first-order valence-electron chi connectivity index (χ1n) is 10.1. The van der Waals surface area contributed by atoms with Crippen LogP contribution in [0.2, 0.25) is 0 Å². The molecule has 1 amide bonds. The van der Waals surface area contributed by atoms with E-state index in [0.717, 1.165) is 55.4 Å². The molecule has 5 heterocycles. The van der Waals surface area contributed by atoms with E-state index in [4.69, 9.17) is 14.8 Å². The van der Waals surface area contributed by atoms with Crippen LogP contribution in [0.4, 0.5) is 5.69 Å². The highest BCUT2D eigenvalue weighted by Gasteiger charge is 2.30. The van der Waals surface area contributed by atoms with Crippen LogP contribution in [0.5, 0.6) is 0 Å². The minimum atomic E-state index is 0.0297. The number of morpholine rings is 1. The van der Waals surface area contributed by atoms with Gasteiger partial charge in [0, 0.05) is 44.5 Å². The van der Waals surface area contributed by atoms with Gasteiger partial charge in [-0.1, -0.05) is 0 Å². The van der Waals surface area contributed by atoms with Gasteiger partial charge in [0.2, 0.25) is 0 Å². The Morgan fingerprint density at radius 3 is 2.86 bits per heavy atom. The van der Waals surface area contributed by atoms with Crippen LogP contribution in [0.25, 0.3) is 5.65 Å². The minimum Gasteiger partial charge on any atom is -0.378 e. The number of likely N-dealkylation sites (tertiary alicyclic amines) is 1. The average molecular weight is 392 g/mol. The van der Waals surface area contributed by atoms with Crippen molar-refractivity contribution in [3.8, 4) is 0 Å². The summed E-state index contributed by atoms with van der Waals surface area (Å²) in [5.41, 5.74) is 3.60. The molecule has 0 unspecified atom stereocenters.